The molecule has 0 spiro atoms. The fourth-order valence-corrected chi connectivity index (χ4v) is 1.74. The number of carboxylic acids is 1. The van der Waals surface area contributed by atoms with Gasteiger partial charge < -0.3 is 15.5 Å². The number of rotatable bonds is 4. The Bertz CT molecular complexity index is 517. The fraction of sp³-hybridized carbons (Fsp3) is 0.467. The summed E-state index contributed by atoms with van der Waals surface area (Å²) in [5.74, 6) is -1.30. The normalized spacial score (nSPS) is 12.8. The number of phenols is 1. The van der Waals surface area contributed by atoms with E-state index in [4.69, 9.17) is 5.11 Å². The number of benzene rings is 1. The van der Waals surface area contributed by atoms with Crippen LogP contribution >= 0.6 is 0 Å². The van der Waals surface area contributed by atoms with Crippen molar-refractivity contribution in [3.05, 3.63) is 29.3 Å². The fourth-order valence-electron chi connectivity index (χ4n) is 1.74. The van der Waals surface area contributed by atoms with E-state index >= 15 is 0 Å². The lowest BCUT2D eigenvalue weighted by atomic mass is 9.84. The molecule has 0 aromatic heterocycles. The lowest BCUT2D eigenvalue weighted by Crippen LogP contribution is -2.45. The first-order valence-corrected chi connectivity index (χ1v) is 6.43. The molecule has 0 aliphatic carbocycles. The molecule has 1 rings (SSSR count). The van der Waals surface area contributed by atoms with Crippen LogP contribution in [0.5, 0.6) is 5.75 Å². The molecule has 3 N–H and O–H groups in total. The summed E-state index contributed by atoms with van der Waals surface area (Å²) in [6, 6.07) is 4.14. The number of aryl methyl sites for hydroxylation is 1. The first-order chi connectivity index (χ1) is 9.11. The molecular formula is C15H21NO4. The first-order valence-electron chi connectivity index (χ1n) is 6.43. The maximum absolute atomic E-state index is 12.1. The van der Waals surface area contributed by atoms with E-state index in [0.717, 1.165) is 0 Å². The number of carboxylic acid groups (broad SMARTS) is 1. The van der Waals surface area contributed by atoms with E-state index in [9.17, 15) is 14.7 Å². The second kappa shape index (κ2) is 5.94. The molecule has 110 valence electrons. The molecule has 1 atom stereocenters. The van der Waals surface area contributed by atoms with Crippen LogP contribution in [-0.2, 0) is 4.79 Å². The number of aromatic hydroxyl groups is 1. The van der Waals surface area contributed by atoms with Crippen molar-refractivity contribution in [1.29, 1.82) is 0 Å². The van der Waals surface area contributed by atoms with E-state index in [1.54, 1.807) is 19.1 Å². The highest BCUT2D eigenvalue weighted by Gasteiger charge is 2.28. The van der Waals surface area contributed by atoms with E-state index in [0.29, 0.717) is 11.1 Å². The number of aliphatic carboxylic acids is 1. The van der Waals surface area contributed by atoms with Gasteiger partial charge in [-0.25, -0.2) is 0 Å². The Kier molecular flexibility index (Phi) is 4.76. The molecule has 0 heterocycles. The predicted octanol–water partition coefficient (Wildman–Crippen LogP) is 2.32. The van der Waals surface area contributed by atoms with Crippen LogP contribution in [0.2, 0.25) is 0 Å². The van der Waals surface area contributed by atoms with Gasteiger partial charge >= 0.3 is 5.97 Å². The van der Waals surface area contributed by atoms with Gasteiger partial charge in [0.1, 0.15) is 5.75 Å². The first kappa shape index (κ1) is 16.0. The van der Waals surface area contributed by atoms with E-state index in [-0.39, 0.29) is 23.5 Å². The van der Waals surface area contributed by atoms with Crippen LogP contribution in [0, 0.1) is 12.3 Å². The van der Waals surface area contributed by atoms with E-state index in [1.165, 1.54) is 6.07 Å². The summed E-state index contributed by atoms with van der Waals surface area (Å²) in [6.45, 7) is 7.34. The third-order valence-electron chi connectivity index (χ3n) is 3.20. The molecular weight excluding hydrogens is 258 g/mol. The quantitative estimate of drug-likeness (QED) is 0.789. The topological polar surface area (TPSA) is 86.6 Å². The minimum atomic E-state index is -0.961. The minimum Gasteiger partial charge on any atom is -0.508 e. The SMILES string of the molecule is Cc1ccc(C(=O)NC(CC(=O)O)C(C)(C)C)cc1O. The summed E-state index contributed by atoms with van der Waals surface area (Å²) >= 11 is 0. The van der Waals surface area contributed by atoms with Gasteiger partial charge in [-0.15, -0.1) is 0 Å². The number of amides is 1. The van der Waals surface area contributed by atoms with E-state index in [2.05, 4.69) is 5.32 Å². The van der Waals surface area contributed by atoms with Crippen LogP contribution < -0.4 is 5.32 Å². The Morgan fingerprint density at radius 2 is 1.90 bits per heavy atom. The molecule has 1 amide bonds. The maximum atomic E-state index is 12.1. The zero-order valence-electron chi connectivity index (χ0n) is 12.2. The summed E-state index contributed by atoms with van der Waals surface area (Å²) in [5.41, 5.74) is 0.619. The molecule has 0 aliphatic rings. The maximum Gasteiger partial charge on any atom is 0.305 e. The molecule has 0 saturated carbocycles. The van der Waals surface area contributed by atoms with Crippen LogP contribution in [0.3, 0.4) is 0 Å². The number of phenolic OH excluding ortho intramolecular Hbond substituents is 1. The van der Waals surface area contributed by atoms with Crippen LogP contribution in [0.1, 0.15) is 43.1 Å². The van der Waals surface area contributed by atoms with Crippen LogP contribution in [0.25, 0.3) is 0 Å². The Morgan fingerprint density at radius 3 is 2.35 bits per heavy atom. The molecule has 1 aromatic carbocycles. The summed E-state index contributed by atoms with van der Waals surface area (Å²) in [7, 11) is 0. The van der Waals surface area contributed by atoms with Gasteiger partial charge in [0.25, 0.3) is 5.91 Å². The van der Waals surface area contributed by atoms with Gasteiger partial charge in [-0.1, -0.05) is 26.8 Å². The van der Waals surface area contributed by atoms with E-state index < -0.39 is 12.0 Å². The summed E-state index contributed by atoms with van der Waals surface area (Å²) in [4.78, 5) is 23.0. The number of carbonyl (C=O) groups excluding carboxylic acids is 1. The number of hydrogen-bond acceptors (Lipinski definition) is 3. The van der Waals surface area contributed by atoms with Gasteiger partial charge in [0.2, 0.25) is 0 Å². The van der Waals surface area contributed by atoms with Gasteiger partial charge in [0, 0.05) is 11.6 Å². The van der Waals surface area contributed by atoms with Gasteiger partial charge in [-0.05, 0) is 30.0 Å². The second-order valence-corrected chi connectivity index (χ2v) is 5.99. The summed E-state index contributed by atoms with van der Waals surface area (Å²) < 4.78 is 0. The van der Waals surface area contributed by atoms with Crippen LogP contribution in [0.15, 0.2) is 18.2 Å². The molecule has 1 aromatic rings. The molecule has 0 radical (unpaired) electrons. The Hall–Kier alpha value is -2.04. The number of nitrogens with one attached hydrogen (secondary N) is 1. The number of hydrogen-bond donors (Lipinski definition) is 3. The van der Waals surface area contributed by atoms with Gasteiger partial charge in [0.05, 0.1) is 6.42 Å². The van der Waals surface area contributed by atoms with Gasteiger partial charge in [0.15, 0.2) is 0 Å². The molecule has 0 aliphatic heterocycles. The number of carbonyl (C=O) groups is 2. The van der Waals surface area contributed by atoms with Crippen molar-refractivity contribution in [2.75, 3.05) is 0 Å². The average molecular weight is 279 g/mol. The third kappa shape index (κ3) is 4.26. The predicted molar refractivity (Wildman–Crippen MR) is 75.8 cm³/mol. The van der Waals surface area contributed by atoms with Crippen molar-refractivity contribution in [2.24, 2.45) is 5.41 Å². The van der Waals surface area contributed by atoms with Crippen LogP contribution in [-0.4, -0.2) is 28.1 Å². The largest absolute Gasteiger partial charge is 0.508 e. The standard InChI is InChI=1S/C15H21NO4/c1-9-5-6-10(7-11(9)17)14(20)16-12(8-13(18)19)15(2,3)4/h5-7,12,17H,8H2,1-4H3,(H,16,20)(H,18,19). The lowest BCUT2D eigenvalue weighted by Gasteiger charge is -2.30. The highest BCUT2D eigenvalue weighted by atomic mass is 16.4. The Labute approximate surface area is 118 Å². The van der Waals surface area contributed by atoms with Crippen molar-refractivity contribution in [2.45, 2.75) is 40.2 Å². The average Bonchev–Trinajstić information content (AvgIpc) is 2.30. The van der Waals surface area contributed by atoms with Crippen molar-refractivity contribution >= 4 is 11.9 Å². The third-order valence-corrected chi connectivity index (χ3v) is 3.20. The molecule has 0 fully saturated rings. The molecule has 0 saturated heterocycles. The summed E-state index contributed by atoms with van der Waals surface area (Å²) in [6.07, 6.45) is -0.146. The van der Waals surface area contributed by atoms with E-state index in [1.807, 2.05) is 20.8 Å². The zero-order valence-corrected chi connectivity index (χ0v) is 12.2. The smallest absolute Gasteiger partial charge is 0.305 e. The highest BCUT2D eigenvalue weighted by molar-refractivity contribution is 5.95. The Balaban J connectivity index is 2.90. The van der Waals surface area contributed by atoms with Crippen LogP contribution in [0.4, 0.5) is 0 Å². The van der Waals surface area contributed by atoms with Crippen molar-refractivity contribution < 1.29 is 19.8 Å². The van der Waals surface area contributed by atoms with Crippen molar-refractivity contribution in [3.63, 3.8) is 0 Å². The minimum absolute atomic E-state index is 0.0446. The van der Waals surface area contributed by atoms with Crippen molar-refractivity contribution in [1.82, 2.24) is 5.32 Å². The molecule has 5 heteroatoms. The van der Waals surface area contributed by atoms with Gasteiger partial charge in [-0.2, -0.15) is 0 Å². The second-order valence-electron chi connectivity index (χ2n) is 5.99. The molecule has 20 heavy (non-hydrogen) atoms. The zero-order chi connectivity index (χ0) is 15.5. The van der Waals surface area contributed by atoms with Crippen molar-refractivity contribution in [3.8, 4) is 5.75 Å². The molecule has 5 nitrogen and oxygen atoms in total. The van der Waals surface area contributed by atoms with Gasteiger partial charge in [-0.3, -0.25) is 9.59 Å². The summed E-state index contributed by atoms with van der Waals surface area (Å²) in [5, 5.41) is 21.3. The monoisotopic (exact) mass is 279 g/mol. The lowest BCUT2D eigenvalue weighted by molar-refractivity contribution is -0.138. The molecule has 0 bridgehead atoms. The Morgan fingerprint density at radius 1 is 1.30 bits per heavy atom. The molecule has 1 unspecified atom stereocenters. The highest BCUT2D eigenvalue weighted by Crippen LogP contribution is 2.23.